The molecule has 1 N–H and O–H groups in total. The average molecular weight is 418 g/mol. The van der Waals surface area contributed by atoms with Gasteiger partial charge in [0.05, 0.1) is 7.11 Å². The highest BCUT2D eigenvalue weighted by molar-refractivity contribution is 5.73. The quantitative estimate of drug-likeness (QED) is 0.602. The van der Waals surface area contributed by atoms with E-state index < -0.39 is 0 Å². The van der Waals surface area contributed by atoms with E-state index in [0.717, 1.165) is 42.4 Å². The van der Waals surface area contributed by atoms with Crippen molar-refractivity contribution in [2.24, 2.45) is 40.4 Å². The summed E-state index contributed by atoms with van der Waals surface area (Å²) in [6, 6.07) is 0.400. The zero-order chi connectivity index (χ0) is 21.5. The topological polar surface area (TPSA) is 55.4 Å². The van der Waals surface area contributed by atoms with Crippen molar-refractivity contribution in [3.05, 3.63) is 0 Å². The summed E-state index contributed by atoms with van der Waals surface area (Å²) in [6.45, 7) is 6.85. The third-order valence-corrected chi connectivity index (χ3v) is 10.4. The van der Waals surface area contributed by atoms with Crippen molar-refractivity contribution >= 4 is 11.9 Å². The highest BCUT2D eigenvalue weighted by Crippen LogP contribution is 2.67. The first-order valence-electron chi connectivity index (χ1n) is 12.6. The highest BCUT2D eigenvalue weighted by Gasteiger charge is 2.59. The van der Waals surface area contributed by atoms with Crippen LogP contribution in [0.15, 0.2) is 0 Å². The molecule has 4 aliphatic rings. The molecular formula is C26H43NO3. The largest absolute Gasteiger partial charge is 0.469 e. The number of fused-ring (bicyclic) bond motifs is 5. The van der Waals surface area contributed by atoms with E-state index in [1.807, 2.05) is 0 Å². The van der Waals surface area contributed by atoms with Gasteiger partial charge in [-0.25, -0.2) is 0 Å². The Kier molecular flexibility index (Phi) is 6.25. The van der Waals surface area contributed by atoms with Crippen molar-refractivity contribution < 1.29 is 14.3 Å². The highest BCUT2D eigenvalue weighted by atomic mass is 16.5. The lowest BCUT2D eigenvalue weighted by Crippen LogP contribution is -2.55. The Morgan fingerprint density at radius 2 is 1.70 bits per heavy atom. The molecule has 8 atom stereocenters. The zero-order valence-electron chi connectivity index (χ0n) is 19.7. The van der Waals surface area contributed by atoms with Crippen LogP contribution in [0.1, 0.15) is 97.8 Å². The molecule has 170 valence electrons. The Morgan fingerprint density at radius 1 is 0.967 bits per heavy atom. The fourth-order valence-electron chi connectivity index (χ4n) is 8.85. The minimum atomic E-state index is -0.0560. The number of carbonyl (C=O) groups is 2. The average Bonchev–Trinajstić information content (AvgIpc) is 3.04. The molecule has 4 heteroatoms. The predicted octanol–water partition coefficient (Wildman–Crippen LogP) is 5.49. The maximum atomic E-state index is 11.6. The van der Waals surface area contributed by atoms with E-state index in [1.165, 1.54) is 64.9 Å². The van der Waals surface area contributed by atoms with E-state index in [2.05, 4.69) is 19.2 Å². The van der Waals surface area contributed by atoms with Gasteiger partial charge in [-0.3, -0.25) is 9.59 Å². The van der Waals surface area contributed by atoms with Crippen LogP contribution in [0.4, 0.5) is 0 Å². The summed E-state index contributed by atoms with van der Waals surface area (Å²) in [5.41, 5.74) is 0.954. The molecule has 0 aromatic carbocycles. The predicted molar refractivity (Wildman–Crippen MR) is 119 cm³/mol. The lowest BCUT2D eigenvalue weighted by Gasteiger charge is -2.61. The second kappa shape index (κ2) is 8.47. The molecule has 0 bridgehead atoms. The fraction of sp³-hybridized carbons (Fsp3) is 0.923. The van der Waals surface area contributed by atoms with Gasteiger partial charge in [0.2, 0.25) is 5.91 Å². The van der Waals surface area contributed by atoms with Crippen LogP contribution in [0.3, 0.4) is 0 Å². The molecule has 0 spiro atoms. The van der Waals surface area contributed by atoms with Gasteiger partial charge in [0.15, 0.2) is 0 Å². The van der Waals surface area contributed by atoms with Crippen molar-refractivity contribution in [2.75, 3.05) is 7.11 Å². The van der Waals surface area contributed by atoms with E-state index in [-0.39, 0.29) is 11.9 Å². The van der Waals surface area contributed by atoms with Crippen molar-refractivity contribution in [3.63, 3.8) is 0 Å². The Hall–Kier alpha value is -1.06. The molecule has 0 aromatic rings. The third kappa shape index (κ3) is 3.81. The Bertz CT molecular complexity index is 663. The van der Waals surface area contributed by atoms with Crippen molar-refractivity contribution in [3.8, 4) is 0 Å². The summed E-state index contributed by atoms with van der Waals surface area (Å²) >= 11 is 0. The Morgan fingerprint density at radius 3 is 2.43 bits per heavy atom. The molecular weight excluding hydrogens is 374 g/mol. The van der Waals surface area contributed by atoms with Gasteiger partial charge in [-0.1, -0.05) is 13.8 Å². The van der Waals surface area contributed by atoms with E-state index in [4.69, 9.17) is 4.74 Å². The van der Waals surface area contributed by atoms with Crippen LogP contribution in [0.5, 0.6) is 0 Å². The summed E-state index contributed by atoms with van der Waals surface area (Å²) in [4.78, 5) is 23.1. The number of methoxy groups -OCH3 is 1. The van der Waals surface area contributed by atoms with Crippen LogP contribution >= 0.6 is 0 Å². The minimum absolute atomic E-state index is 0.0560. The van der Waals surface area contributed by atoms with Gasteiger partial charge in [-0.15, -0.1) is 0 Å². The van der Waals surface area contributed by atoms with E-state index in [0.29, 0.717) is 23.3 Å². The molecule has 1 amide bonds. The number of amides is 1. The summed E-state index contributed by atoms with van der Waals surface area (Å²) in [6.07, 6.45) is 14.7. The minimum Gasteiger partial charge on any atom is -0.469 e. The molecule has 4 fully saturated rings. The summed E-state index contributed by atoms with van der Waals surface area (Å²) in [5, 5.41) is 3.21. The molecule has 4 saturated carbocycles. The molecule has 30 heavy (non-hydrogen) atoms. The number of rotatable bonds is 5. The molecule has 8 unspecified atom stereocenters. The summed E-state index contributed by atoms with van der Waals surface area (Å²) in [7, 11) is 1.50. The molecule has 4 rings (SSSR count). The third-order valence-electron chi connectivity index (χ3n) is 10.4. The van der Waals surface area contributed by atoms with E-state index in [1.54, 1.807) is 6.92 Å². The number of esters is 1. The van der Waals surface area contributed by atoms with Crippen LogP contribution < -0.4 is 5.32 Å². The number of ether oxygens (including phenoxy) is 1. The molecule has 0 radical (unpaired) electrons. The van der Waals surface area contributed by atoms with Crippen LogP contribution in [0, 0.1) is 40.4 Å². The van der Waals surface area contributed by atoms with Gasteiger partial charge in [0.25, 0.3) is 0 Å². The van der Waals surface area contributed by atoms with Gasteiger partial charge in [-0.05, 0) is 111 Å². The van der Waals surface area contributed by atoms with Crippen LogP contribution in [-0.2, 0) is 14.3 Å². The normalized spacial score (nSPS) is 45.1. The number of hydrogen-bond acceptors (Lipinski definition) is 3. The zero-order valence-corrected chi connectivity index (χ0v) is 19.7. The first-order valence-corrected chi connectivity index (χ1v) is 12.6. The summed E-state index contributed by atoms with van der Waals surface area (Å²) in [5.74, 6) is 4.30. The monoisotopic (exact) mass is 417 g/mol. The Balaban J connectivity index is 1.42. The molecule has 0 saturated heterocycles. The van der Waals surface area contributed by atoms with Crippen molar-refractivity contribution in [1.29, 1.82) is 0 Å². The lowest BCUT2D eigenvalue weighted by molar-refractivity contribution is -0.141. The smallest absolute Gasteiger partial charge is 0.305 e. The molecule has 0 heterocycles. The van der Waals surface area contributed by atoms with Crippen molar-refractivity contribution in [2.45, 2.75) is 104 Å². The summed E-state index contributed by atoms with van der Waals surface area (Å²) < 4.78 is 4.85. The number of nitrogens with one attached hydrogen (secondary N) is 1. The van der Waals surface area contributed by atoms with Gasteiger partial charge in [-0.2, -0.15) is 0 Å². The first kappa shape index (κ1) is 22.1. The molecule has 0 aliphatic heterocycles. The van der Waals surface area contributed by atoms with Gasteiger partial charge < -0.3 is 10.1 Å². The van der Waals surface area contributed by atoms with Gasteiger partial charge in [0.1, 0.15) is 0 Å². The van der Waals surface area contributed by atoms with Gasteiger partial charge >= 0.3 is 5.97 Å². The maximum absolute atomic E-state index is 11.6. The molecule has 4 aliphatic carbocycles. The number of carbonyl (C=O) groups excluding carboxylic acids is 2. The van der Waals surface area contributed by atoms with Crippen molar-refractivity contribution in [1.82, 2.24) is 5.32 Å². The lowest BCUT2D eigenvalue weighted by atomic mass is 9.44. The van der Waals surface area contributed by atoms with Crippen LogP contribution in [0.25, 0.3) is 0 Å². The molecule has 4 nitrogen and oxygen atoms in total. The van der Waals surface area contributed by atoms with E-state index >= 15 is 0 Å². The molecule has 0 aromatic heterocycles. The Labute approximate surface area is 183 Å². The van der Waals surface area contributed by atoms with Crippen LogP contribution in [-0.4, -0.2) is 25.0 Å². The number of hydrogen-bond donors (Lipinski definition) is 1. The second-order valence-corrected chi connectivity index (χ2v) is 11.6. The SMILES string of the molecule is COC(=O)CCCC1CCC2C3CCC4CC(NC(C)=O)CCC4(C)C3CCC12C. The fourth-order valence-corrected chi connectivity index (χ4v) is 8.85. The van der Waals surface area contributed by atoms with Gasteiger partial charge in [0, 0.05) is 19.4 Å². The second-order valence-electron chi connectivity index (χ2n) is 11.6. The standard InChI is InChI=1S/C26H43NO3/c1-17(28)27-20-12-14-26(3)19(16-20)8-10-21-22-11-9-18(6-5-7-24(29)30-4)25(22,2)15-13-23(21)26/h18-23H,5-16H2,1-4H3,(H,27,28). The first-order chi connectivity index (χ1) is 14.3. The van der Waals surface area contributed by atoms with E-state index in [9.17, 15) is 9.59 Å². The van der Waals surface area contributed by atoms with Crippen LogP contribution in [0.2, 0.25) is 0 Å². The maximum Gasteiger partial charge on any atom is 0.305 e.